The van der Waals surface area contributed by atoms with E-state index in [1.807, 2.05) is 0 Å². The van der Waals surface area contributed by atoms with Crippen molar-refractivity contribution in [2.24, 2.45) is 4.99 Å². The van der Waals surface area contributed by atoms with Crippen molar-refractivity contribution >= 4 is 23.1 Å². The van der Waals surface area contributed by atoms with E-state index in [-0.39, 0.29) is 11.6 Å². The first-order chi connectivity index (χ1) is 8.08. The highest BCUT2D eigenvalue weighted by Crippen LogP contribution is 2.39. The van der Waals surface area contributed by atoms with Crippen molar-refractivity contribution in [3.8, 4) is 0 Å². The Bertz CT molecular complexity index is 460. The zero-order valence-corrected chi connectivity index (χ0v) is 10.1. The predicted octanol–water partition coefficient (Wildman–Crippen LogP) is 2.09. The highest BCUT2D eigenvalue weighted by atomic mass is 32.2. The second kappa shape index (κ2) is 4.58. The Kier molecular flexibility index (Phi) is 3.31. The van der Waals surface area contributed by atoms with Gasteiger partial charge in [-0.2, -0.15) is 0 Å². The van der Waals surface area contributed by atoms with Crippen molar-refractivity contribution in [1.82, 2.24) is 0 Å². The van der Waals surface area contributed by atoms with Crippen LogP contribution in [0.1, 0.15) is 18.9 Å². The summed E-state index contributed by atoms with van der Waals surface area (Å²) in [5, 5.41) is 9.81. The van der Waals surface area contributed by atoms with Crippen molar-refractivity contribution in [3.05, 3.63) is 35.6 Å². The standard InChI is InChI=1S/C12H12FNO2S/c1-2-10(15)11-12(16,14-7-17-11)8-3-5-9(13)6-4-8/h3-7,11,16H,2H2,1H3. The Morgan fingerprint density at radius 3 is 2.76 bits per heavy atom. The summed E-state index contributed by atoms with van der Waals surface area (Å²) in [5.74, 6) is -0.454. The second-order valence-electron chi connectivity index (χ2n) is 3.80. The van der Waals surface area contributed by atoms with Gasteiger partial charge in [0.15, 0.2) is 5.78 Å². The molecule has 0 saturated carbocycles. The van der Waals surface area contributed by atoms with Gasteiger partial charge in [0.25, 0.3) is 0 Å². The lowest BCUT2D eigenvalue weighted by Crippen LogP contribution is -2.38. The normalized spacial score (nSPS) is 27.4. The average molecular weight is 253 g/mol. The van der Waals surface area contributed by atoms with E-state index >= 15 is 0 Å². The molecule has 0 fully saturated rings. The molecule has 2 atom stereocenters. The van der Waals surface area contributed by atoms with Gasteiger partial charge in [-0.05, 0) is 12.1 Å². The summed E-state index contributed by atoms with van der Waals surface area (Å²) in [6.07, 6.45) is 0.338. The minimum atomic E-state index is -1.56. The van der Waals surface area contributed by atoms with Gasteiger partial charge in [-0.3, -0.25) is 4.79 Å². The van der Waals surface area contributed by atoms with Crippen LogP contribution in [0.3, 0.4) is 0 Å². The third-order valence-electron chi connectivity index (χ3n) is 2.72. The van der Waals surface area contributed by atoms with E-state index in [2.05, 4.69) is 4.99 Å². The maximum Gasteiger partial charge on any atom is 0.202 e. The summed E-state index contributed by atoms with van der Waals surface area (Å²) in [4.78, 5) is 15.7. The van der Waals surface area contributed by atoms with E-state index in [0.717, 1.165) is 0 Å². The third kappa shape index (κ3) is 2.12. The minimum Gasteiger partial charge on any atom is -0.364 e. The molecule has 1 N–H and O–H groups in total. The molecule has 2 rings (SSSR count). The fourth-order valence-electron chi connectivity index (χ4n) is 1.74. The van der Waals surface area contributed by atoms with Crippen LogP contribution in [-0.4, -0.2) is 21.7 Å². The van der Waals surface area contributed by atoms with Gasteiger partial charge in [0, 0.05) is 12.0 Å². The van der Waals surface area contributed by atoms with Crippen LogP contribution in [0.15, 0.2) is 29.3 Å². The summed E-state index contributed by atoms with van der Waals surface area (Å²) < 4.78 is 12.8. The van der Waals surface area contributed by atoms with Crippen LogP contribution >= 0.6 is 11.8 Å². The number of hydrogen-bond donors (Lipinski definition) is 1. The maximum absolute atomic E-state index is 12.8. The number of hydrogen-bond acceptors (Lipinski definition) is 4. The molecule has 1 aromatic rings. The van der Waals surface area contributed by atoms with Gasteiger partial charge in [0.1, 0.15) is 11.1 Å². The van der Waals surface area contributed by atoms with Crippen molar-refractivity contribution in [2.75, 3.05) is 0 Å². The largest absolute Gasteiger partial charge is 0.364 e. The van der Waals surface area contributed by atoms with Crippen LogP contribution in [-0.2, 0) is 10.5 Å². The number of benzene rings is 1. The Balaban J connectivity index is 2.37. The van der Waals surface area contributed by atoms with Crippen molar-refractivity contribution in [2.45, 2.75) is 24.3 Å². The Morgan fingerprint density at radius 1 is 1.53 bits per heavy atom. The zero-order chi connectivity index (χ0) is 12.5. The highest BCUT2D eigenvalue weighted by molar-refractivity contribution is 8.13. The molecule has 0 aliphatic carbocycles. The molecule has 3 nitrogen and oxygen atoms in total. The Morgan fingerprint density at radius 2 is 2.18 bits per heavy atom. The SMILES string of the molecule is CCC(=O)C1SC=NC1(O)c1ccc(F)cc1. The lowest BCUT2D eigenvalue weighted by atomic mass is 9.96. The summed E-state index contributed by atoms with van der Waals surface area (Å²) in [6, 6.07) is 5.40. The summed E-state index contributed by atoms with van der Waals surface area (Å²) >= 11 is 1.20. The molecule has 1 heterocycles. The van der Waals surface area contributed by atoms with Gasteiger partial charge in [-0.1, -0.05) is 30.8 Å². The summed E-state index contributed by atoms with van der Waals surface area (Å²) in [5.41, 5.74) is 0.347. The molecular weight excluding hydrogens is 241 g/mol. The second-order valence-corrected chi connectivity index (χ2v) is 4.76. The van der Waals surface area contributed by atoms with Crippen molar-refractivity contribution in [3.63, 3.8) is 0 Å². The van der Waals surface area contributed by atoms with Gasteiger partial charge < -0.3 is 5.11 Å². The van der Waals surface area contributed by atoms with Crippen LogP contribution in [0.4, 0.5) is 4.39 Å². The molecule has 0 radical (unpaired) electrons. The zero-order valence-electron chi connectivity index (χ0n) is 9.26. The quantitative estimate of drug-likeness (QED) is 0.897. The van der Waals surface area contributed by atoms with Crippen molar-refractivity contribution < 1.29 is 14.3 Å². The molecule has 1 aliphatic heterocycles. The van der Waals surface area contributed by atoms with Crippen LogP contribution in [0.5, 0.6) is 0 Å². The number of Topliss-reactive ketones (excluding diaryl/α,β-unsaturated/α-hetero) is 1. The van der Waals surface area contributed by atoms with Gasteiger partial charge in [0.05, 0.1) is 5.55 Å². The molecule has 0 aromatic heterocycles. The summed E-state index contributed by atoms with van der Waals surface area (Å²) in [7, 11) is 0. The van der Waals surface area contributed by atoms with E-state index in [1.54, 1.807) is 6.92 Å². The number of halogens is 1. The molecule has 0 spiro atoms. The molecule has 5 heteroatoms. The first-order valence-electron chi connectivity index (χ1n) is 5.28. The average Bonchev–Trinajstić information content (AvgIpc) is 2.72. The third-order valence-corrected chi connectivity index (χ3v) is 3.81. The number of aliphatic hydroxyl groups is 1. The Labute approximate surface area is 103 Å². The number of carbonyl (C=O) groups is 1. The van der Waals surface area contributed by atoms with Crippen LogP contribution in [0, 0.1) is 5.82 Å². The number of rotatable bonds is 3. The topological polar surface area (TPSA) is 49.7 Å². The van der Waals surface area contributed by atoms with Gasteiger partial charge in [-0.15, -0.1) is 0 Å². The molecular formula is C12H12FNO2S. The minimum absolute atomic E-state index is 0.0701. The number of aliphatic imine (C=N–C) groups is 1. The van der Waals surface area contributed by atoms with Crippen molar-refractivity contribution in [1.29, 1.82) is 0 Å². The van der Waals surface area contributed by atoms with Crippen LogP contribution in [0.25, 0.3) is 0 Å². The fourth-order valence-corrected chi connectivity index (χ4v) is 2.79. The number of carbonyl (C=O) groups excluding carboxylic acids is 1. The molecule has 2 unspecified atom stereocenters. The van der Waals surface area contributed by atoms with Gasteiger partial charge >= 0.3 is 0 Å². The number of thioether (sulfide) groups is 1. The molecule has 0 amide bonds. The first-order valence-corrected chi connectivity index (χ1v) is 6.22. The molecule has 90 valence electrons. The van der Waals surface area contributed by atoms with E-state index in [1.165, 1.54) is 41.6 Å². The molecule has 0 bridgehead atoms. The fraction of sp³-hybridized carbons (Fsp3) is 0.333. The Hall–Kier alpha value is -1.20. The number of nitrogens with zero attached hydrogens (tertiary/aromatic N) is 1. The molecule has 1 aromatic carbocycles. The van der Waals surface area contributed by atoms with E-state index in [4.69, 9.17) is 0 Å². The van der Waals surface area contributed by atoms with Crippen LogP contribution in [0.2, 0.25) is 0 Å². The monoisotopic (exact) mass is 253 g/mol. The lowest BCUT2D eigenvalue weighted by Gasteiger charge is -2.26. The summed E-state index contributed by atoms with van der Waals surface area (Å²) in [6.45, 7) is 1.74. The van der Waals surface area contributed by atoms with Crippen LogP contribution < -0.4 is 0 Å². The number of ketones is 1. The maximum atomic E-state index is 12.8. The lowest BCUT2D eigenvalue weighted by molar-refractivity contribution is -0.122. The highest BCUT2D eigenvalue weighted by Gasteiger charge is 2.45. The van der Waals surface area contributed by atoms with Gasteiger partial charge in [-0.25, -0.2) is 9.38 Å². The molecule has 17 heavy (non-hydrogen) atoms. The van der Waals surface area contributed by atoms with E-state index in [0.29, 0.717) is 12.0 Å². The predicted molar refractivity (Wildman–Crippen MR) is 65.5 cm³/mol. The molecule has 1 aliphatic rings. The van der Waals surface area contributed by atoms with Gasteiger partial charge in [0.2, 0.25) is 5.72 Å². The van der Waals surface area contributed by atoms with E-state index in [9.17, 15) is 14.3 Å². The molecule has 0 saturated heterocycles. The van der Waals surface area contributed by atoms with E-state index < -0.39 is 11.0 Å². The first kappa shape index (κ1) is 12.3. The smallest absolute Gasteiger partial charge is 0.202 e.